The number of anilines is 1. The molecule has 0 unspecified atom stereocenters. The van der Waals surface area contributed by atoms with E-state index in [1.54, 1.807) is 12.1 Å². The number of carbonyl (C=O) groups is 1. The molecule has 9 heteroatoms. The van der Waals surface area contributed by atoms with Gasteiger partial charge in [-0.2, -0.15) is 0 Å². The Morgan fingerprint density at radius 2 is 1.68 bits per heavy atom. The van der Waals surface area contributed by atoms with Crippen LogP contribution in [0, 0.1) is 0 Å². The van der Waals surface area contributed by atoms with Crippen LogP contribution >= 0.6 is 39.1 Å². The Labute approximate surface area is 145 Å². The summed E-state index contributed by atoms with van der Waals surface area (Å²) in [5.41, 5.74) is -0.161. The van der Waals surface area contributed by atoms with E-state index in [0.29, 0.717) is 5.69 Å². The van der Waals surface area contributed by atoms with Gasteiger partial charge in [-0.05, 0) is 36.4 Å². The molecule has 1 N–H and O–H groups in total. The van der Waals surface area contributed by atoms with Crippen molar-refractivity contribution in [1.29, 1.82) is 0 Å². The normalized spacial score (nSPS) is 11.2. The third kappa shape index (κ3) is 3.73. The quantitative estimate of drug-likeness (QED) is 0.818. The van der Waals surface area contributed by atoms with Crippen LogP contribution in [0.25, 0.3) is 0 Å². The smallest absolute Gasteiger partial charge is 0.263 e. The monoisotopic (exact) mass is 422 g/mol. The summed E-state index contributed by atoms with van der Waals surface area (Å²) in [5, 5.41) is 10.6. The zero-order chi connectivity index (χ0) is 16.5. The van der Waals surface area contributed by atoms with Crippen molar-refractivity contribution in [3.63, 3.8) is 0 Å². The van der Waals surface area contributed by atoms with Gasteiger partial charge in [-0.1, -0.05) is 39.1 Å². The average molecular weight is 424 g/mol. The highest BCUT2D eigenvalue weighted by Gasteiger charge is 2.20. The second kappa shape index (κ2) is 6.45. The number of nitrogens with one attached hydrogen (secondary N) is 1. The maximum atomic E-state index is 12.3. The molecular weight excluding hydrogens is 417 g/mol. The molecule has 0 radical (unpaired) electrons. The fourth-order valence-electron chi connectivity index (χ4n) is 1.62. The largest absolute Gasteiger partial charge is 0.545 e. The van der Waals surface area contributed by atoms with Gasteiger partial charge in [0.05, 0.1) is 16.0 Å². The first-order valence-corrected chi connectivity index (χ1v) is 8.72. The van der Waals surface area contributed by atoms with Crippen molar-refractivity contribution in [3.05, 3.63) is 56.5 Å². The van der Waals surface area contributed by atoms with Crippen LogP contribution in [0.5, 0.6) is 0 Å². The molecule has 0 bridgehead atoms. The molecule has 0 atom stereocenters. The summed E-state index contributed by atoms with van der Waals surface area (Å²) in [4.78, 5) is 10.5. The lowest BCUT2D eigenvalue weighted by atomic mass is 10.2. The van der Waals surface area contributed by atoms with Gasteiger partial charge in [-0.3, -0.25) is 4.72 Å². The first-order chi connectivity index (χ1) is 10.2. The lowest BCUT2D eigenvalue weighted by Crippen LogP contribution is -2.23. The molecule has 5 nitrogen and oxygen atoms in total. The van der Waals surface area contributed by atoms with Gasteiger partial charge in [0.25, 0.3) is 10.0 Å². The number of hydrogen-bond acceptors (Lipinski definition) is 4. The molecule has 0 saturated heterocycles. The van der Waals surface area contributed by atoms with E-state index in [1.807, 2.05) is 0 Å². The van der Waals surface area contributed by atoms with Gasteiger partial charge in [-0.25, -0.2) is 8.42 Å². The maximum Gasteiger partial charge on any atom is 0.263 e. The Kier molecular flexibility index (Phi) is 5.01. The van der Waals surface area contributed by atoms with E-state index in [-0.39, 0.29) is 10.0 Å². The third-order valence-electron chi connectivity index (χ3n) is 2.63. The molecule has 0 aliphatic carbocycles. The van der Waals surface area contributed by atoms with E-state index < -0.39 is 26.5 Å². The van der Waals surface area contributed by atoms with Crippen molar-refractivity contribution in [2.75, 3.05) is 4.72 Å². The summed E-state index contributed by atoms with van der Waals surface area (Å²) in [7, 11) is -4.08. The topological polar surface area (TPSA) is 86.3 Å². The van der Waals surface area contributed by atoms with Gasteiger partial charge in [0, 0.05) is 15.7 Å². The minimum absolute atomic E-state index is 0.195. The molecule has 2 rings (SSSR count). The molecule has 22 heavy (non-hydrogen) atoms. The van der Waals surface area contributed by atoms with Crippen molar-refractivity contribution < 1.29 is 18.3 Å². The van der Waals surface area contributed by atoms with Crippen molar-refractivity contribution in [3.8, 4) is 0 Å². The number of aromatic carboxylic acids is 1. The first-order valence-electron chi connectivity index (χ1n) is 5.69. The van der Waals surface area contributed by atoms with Crippen LogP contribution in [0.3, 0.4) is 0 Å². The lowest BCUT2D eigenvalue weighted by Gasteiger charge is -2.13. The van der Waals surface area contributed by atoms with Gasteiger partial charge >= 0.3 is 0 Å². The van der Waals surface area contributed by atoms with Gasteiger partial charge in [0.15, 0.2) is 0 Å². The second-order valence-corrected chi connectivity index (χ2v) is 7.54. The van der Waals surface area contributed by atoms with Crippen molar-refractivity contribution in [1.82, 2.24) is 0 Å². The van der Waals surface area contributed by atoms with Crippen LogP contribution in [-0.4, -0.2) is 14.4 Å². The maximum absolute atomic E-state index is 12.3. The van der Waals surface area contributed by atoms with Crippen LogP contribution in [-0.2, 0) is 10.0 Å². The minimum atomic E-state index is -4.08. The molecule has 0 spiro atoms. The zero-order valence-electron chi connectivity index (χ0n) is 10.6. The van der Waals surface area contributed by atoms with E-state index in [9.17, 15) is 18.3 Å². The molecule has 0 fully saturated rings. The molecule has 0 aliphatic rings. The number of halogens is 3. The molecule has 2 aromatic carbocycles. The van der Waals surface area contributed by atoms with E-state index in [0.717, 1.165) is 16.6 Å². The van der Waals surface area contributed by atoms with Gasteiger partial charge in [0.1, 0.15) is 4.90 Å². The standard InChI is InChI=1S/C13H8BrCl2NO4S/c14-7-1-3-8(4-2-7)17-22(20,21)12-5-9(13(18)19)10(15)6-11(12)16/h1-6,17H,(H,18,19)/p-1. The average Bonchev–Trinajstić information content (AvgIpc) is 2.40. The number of carboxylic acid groups (broad SMARTS) is 1. The zero-order valence-corrected chi connectivity index (χ0v) is 14.6. The van der Waals surface area contributed by atoms with E-state index in [1.165, 1.54) is 12.1 Å². The molecule has 2 aromatic rings. The van der Waals surface area contributed by atoms with Gasteiger partial charge in [-0.15, -0.1) is 0 Å². The van der Waals surface area contributed by atoms with Crippen molar-refractivity contribution in [2.24, 2.45) is 0 Å². The molecule has 0 amide bonds. The van der Waals surface area contributed by atoms with Crippen LogP contribution < -0.4 is 9.83 Å². The van der Waals surface area contributed by atoms with Gasteiger partial charge in [0.2, 0.25) is 0 Å². The minimum Gasteiger partial charge on any atom is -0.545 e. The fourth-order valence-corrected chi connectivity index (χ4v) is 3.79. The number of benzene rings is 2. The van der Waals surface area contributed by atoms with E-state index in [4.69, 9.17) is 23.2 Å². The van der Waals surface area contributed by atoms with E-state index >= 15 is 0 Å². The predicted molar refractivity (Wildman–Crippen MR) is 85.7 cm³/mol. The van der Waals surface area contributed by atoms with Crippen molar-refractivity contribution in [2.45, 2.75) is 4.90 Å². The summed E-state index contributed by atoms with van der Waals surface area (Å²) >= 11 is 14.8. The van der Waals surface area contributed by atoms with Crippen LogP contribution in [0.4, 0.5) is 5.69 Å². The summed E-state index contributed by atoms with van der Waals surface area (Å²) < 4.78 is 27.7. The Balaban J connectivity index is 2.47. The number of carbonyl (C=O) groups excluding carboxylic acids is 1. The first kappa shape index (κ1) is 17.1. The molecule has 0 aliphatic heterocycles. The third-order valence-corrected chi connectivity index (χ3v) is 5.31. The molecule has 0 heterocycles. The van der Waals surface area contributed by atoms with Crippen LogP contribution in [0.15, 0.2) is 45.8 Å². The molecule has 0 saturated carbocycles. The fraction of sp³-hybridized carbons (Fsp3) is 0. The van der Waals surface area contributed by atoms with Crippen molar-refractivity contribution >= 4 is 60.8 Å². The van der Waals surface area contributed by atoms with E-state index in [2.05, 4.69) is 20.7 Å². The number of sulfonamides is 1. The number of rotatable bonds is 4. The summed E-state index contributed by atoms with van der Waals surface area (Å²) in [6, 6.07) is 8.27. The molecule has 116 valence electrons. The Bertz CT molecular complexity index is 838. The lowest BCUT2D eigenvalue weighted by molar-refractivity contribution is -0.255. The highest BCUT2D eigenvalue weighted by Crippen LogP contribution is 2.30. The Hall–Kier alpha value is -1.28. The Morgan fingerprint density at radius 1 is 1.09 bits per heavy atom. The highest BCUT2D eigenvalue weighted by atomic mass is 79.9. The predicted octanol–water partition coefficient (Wildman–Crippen LogP) is 2.92. The SMILES string of the molecule is O=C([O-])c1cc(S(=O)(=O)Nc2ccc(Br)cc2)c(Cl)cc1Cl. The van der Waals surface area contributed by atoms with Gasteiger partial charge < -0.3 is 9.90 Å². The van der Waals surface area contributed by atoms with Crippen LogP contribution in [0.2, 0.25) is 10.0 Å². The Morgan fingerprint density at radius 3 is 2.23 bits per heavy atom. The summed E-state index contributed by atoms with van der Waals surface area (Å²) in [6.07, 6.45) is 0. The summed E-state index contributed by atoms with van der Waals surface area (Å²) in [5.74, 6) is -1.60. The number of carboxylic acids is 1. The number of hydrogen-bond donors (Lipinski definition) is 1. The molecule has 0 aromatic heterocycles. The molecular formula is C13H7BrCl2NO4S-. The second-order valence-electron chi connectivity index (χ2n) is 4.16. The summed E-state index contributed by atoms with van der Waals surface area (Å²) in [6.45, 7) is 0. The highest BCUT2D eigenvalue weighted by molar-refractivity contribution is 9.10. The van der Waals surface area contributed by atoms with Crippen LogP contribution in [0.1, 0.15) is 10.4 Å².